The van der Waals surface area contributed by atoms with Crippen molar-refractivity contribution >= 4 is 5.69 Å². The number of nitro groups is 1. The minimum Gasteiger partial charge on any atom is -0.258 e. The average molecular weight is 256 g/mol. The lowest BCUT2D eigenvalue weighted by Gasteiger charge is -2.51. The Morgan fingerprint density at radius 1 is 1.16 bits per heavy atom. The summed E-state index contributed by atoms with van der Waals surface area (Å²) in [4.78, 5) is 10.3. The van der Waals surface area contributed by atoms with Gasteiger partial charge in [-0.25, -0.2) is 0 Å². The van der Waals surface area contributed by atoms with Crippen molar-refractivity contribution in [3.63, 3.8) is 0 Å². The van der Waals surface area contributed by atoms with Crippen LogP contribution in [0.4, 0.5) is 5.69 Å². The highest BCUT2D eigenvalue weighted by molar-refractivity contribution is 5.42. The molecule has 1 aromatic rings. The summed E-state index contributed by atoms with van der Waals surface area (Å²) in [5.74, 6) is 0. The first-order valence-electron chi connectivity index (χ1n) is 6.76. The number of hydrogen-bond donors (Lipinski definition) is 0. The van der Waals surface area contributed by atoms with Crippen LogP contribution in [0.15, 0.2) is 24.3 Å². The molecule has 0 atom stereocenters. The monoisotopic (exact) mass is 256 g/mol. The number of rotatable bonds is 2. The molecule has 1 spiro atoms. The van der Waals surface area contributed by atoms with Crippen LogP contribution in [-0.4, -0.2) is 4.92 Å². The largest absolute Gasteiger partial charge is 0.269 e. The van der Waals surface area contributed by atoms with Gasteiger partial charge in [-0.2, -0.15) is 5.26 Å². The third kappa shape index (κ3) is 1.81. The summed E-state index contributed by atoms with van der Waals surface area (Å²) in [6, 6.07) is 8.98. The van der Waals surface area contributed by atoms with Crippen molar-refractivity contribution < 1.29 is 4.92 Å². The summed E-state index contributed by atoms with van der Waals surface area (Å²) in [5.41, 5.74) is 1.02. The molecule has 4 nitrogen and oxygen atoms in total. The summed E-state index contributed by atoms with van der Waals surface area (Å²) >= 11 is 0. The molecule has 0 unspecified atom stereocenters. The molecule has 0 bridgehead atoms. The van der Waals surface area contributed by atoms with E-state index in [-0.39, 0.29) is 5.69 Å². The molecule has 0 aromatic heterocycles. The minimum atomic E-state index is -0.403. The van der Waals surface area contributed by atoms with Gasteiger partial charge >= 0.3 is 0 Å². The number of hydrogen-bond acceptors (Lipinski definition) is 3. The second-order valence-corrected chi connectivity index (χ2v) is 6.06. The highest BCUT2D eigenvalue weighted by Gasteiger charge is 2.56. The minimum absolute atomic E-state index is 0.0896. The van der Waals surface area contributed by atoms with E-state index < -0.39 is 10.3 Å². The van der Waals surface area contributed by atoms with Crippen LogP contribution in [0.2, 0.25) is 0 Å². The molecule has 0 N–H and O–H groups in total. The zero-order valence-electron chi connectivity index (χ0n) is 10.8. The Morgan fingerprint density at radius 2 is 1.74 bits per heavy atom. The van der Waals surface area contributed by atoms with Gasteiger partial charge in [0.15, 0.2) is 0 Å². The molecule has 0 radical (unpaired) electrons. The third-order valence-corrected chi connectivity index (χ3v) is 4.86. The zero-order valence-corrected chi connectivity index (χ0v) is 10.8. The van der Waals surface area contributed by atoms with Gasteiger partial charge in [-0.05, 0) is 36.7 Å². The Morgan fingerprint density at radius 3 is 2.21 bits per heavy atom. The van der Waals surface area contributed by atoms with Crippen molar-refractivity contribution in [1.82, 2.24) is 0 Å². The van der Waals surface area contributed by atoms with E-state index in [0.29, 0.717) is 5.41 Å². The number of nitro benzene ring substituents is 1. The molecule has 2 fully saturated rings. The van der Waals surface area contributed by atoms with Crippen molar-refractivity contribution in [1.29, 1.82) is 5.26 Å². The maximum Gasteiger partial charge on any atom is 0.269 e. The fourth-order valence-electron chi connectivity index (χ4n) is 3.96. The Labute approximate surface area is 112 Å². The van der Waals surface area contributed by atoms with E-state index in [0.717, 1.165) is 18.4 Å². The molecule has 2 aliphatic carbocycles. The first-order chi connectivity index (χ1) is 9.09. The fraction of sp³-hybridized carbons (Fsp3) is 0.533. The Balaban J connectivity index is 1.84. The van der Waals surface area contributed by atoms with E-state index in [1.807, 2.05) is 0 Å². The molecule has 0 amide bonds. The molecule has 0 saturated heterocycles. The Kier molecular flexibility index (Phi) is 2.60. The normalized spacial score (nSPS) is 22.7. The quantitative estimate of drug-likeness (QED) is 0.598. The Bertz CT molecular complexity index is 543. The summed E-state index contributed by atoms with van der Waals surface area (Å²) in [6.45, 7) is 0. The van der Waals surface area contributed by atoms with Gasteiger partial charge in [0.2, 0.25) is 0 Å². The summed E-state index contributed by atoms with van der Waals surface area (Å²) in [5, 5.41) is 20.2. The molecule has 1 aromatic carbocycles. The van der Waals surface area contributed by atoms with Crippen LogP contribution in [0.5, 0.6) is 0 Å². The first-order valence-corrected chi connectivity index (χ1v) is 6.76. The van der Waals surface area contributed by atoms with E-state index in [1.165, 1.54) is 37.8 Å². The van der Waals surface area contributed by atoms with Crippen molar-refractivity contribution in [2.24, 2.45) is 5.41 Å². The zero-order chi connectivity index (χ0) is 13.5. The molecule has 0 aliphatic heterocycles. The lowest BCUT2D eigenvalue weighted by Crippen LogP contribution is -2.47. The van der Waals surface area contributed by atoms with Gasteiger partial charge < -0.3 is 0 Å². The maximum atomic E-state index is 10.7. The van der Waals surface area contributed by atoms with Gasteiger partial charge in [0, 0.05) is 12.1 Å². The smallest absolute Gasteiger partial charge is 0.258 e. The fourth-order valence-corrected chi connectivity index (χ4v) is 3.96. The number of non-ortho nitro benzene ring substituents is 1. The number of nitriles is 1. The van der Waals surface area contributed by atoms with Gasteiger partial charge in [0.1, 0.15) is 0 Å². The predicted molar refractivity (Wildman–Crippen MR) is 70.5 cm³/mol. The van der Waals surface area contributed by atoms with Crippen LogP contribution in [0.1, 0.15) is 44.1 Å². The SMILES string of the molecule is N#CC1(c2ccc([N+](=O)[O-])cc2)CC2(CCCC2)C1. The van der Waals surface area contributed by atoms with Crippen LogP contribution in [-0.2, 0) is 5.41 Å². The van der Waals surface area contributed by atoms with Crippen molar-refractivity contribution in [3.05, 3.63) is 39.9 Å². The number of nitrogens with zero attached hydrogens (tertiary/aromatic N) is 2. The lowest BCUT2D eigenvalue weighted by molar-refractivity contribution is -0.384. The van der Waals surface area contributed by atoms with Crippen LogP contribution in [0.3, 0.4) is 0 Å². The summed E-state index contributed by atoms with van der Waals surface area (Å²) < 4.78 is 0. The molecular weight excluding hydrogens is 240 g/mol. The van der Waals surface area contributed by atoms with Crippen molar-refractivity contribution in [2.75, 3.05) is 0 Å². The second-order valence-electron chi connectivity index (χ2n) is 6.06. The van der Waals surface area contributed by atoms with Gasteiger partial charge in [-0.3, -0.25) is 10.1 Å². The third-order valence-electron chi connectivity index (χ3n) is 4.86. The van der Waals surface area contributed by atoms with Crippen molar-refractivity contribution in [3.8, 4) is 6.07 Å². The van der Waals surface area contributed by atoms with E-state index in [9.17, 15) is 15.4 Å². The molecular formula is C15H16N2O2. The van der Waals surface area contributed by atoms with Gasteiger partial charge in [-0.1, -0.05) is 25.0 Å². The van der Waals surface area contributed by atoms with Crippen LogP contribution in [0, 0.1) is 26.9 Å². The van der Waals surface area contributed by atoms with E-state index in [2.05, 4.69) is 6.07 Å². The Hall–Kier alpha value is -1.89. The van der Waals surface area contributed by atoms with E-state index >= 15 is 0 Å². The number of benzene rings is 1. The van der Waals surface area contributed by atoms with Gasteiger partial charge in [0.25, 0.3) is 5.69 Å². The highest BCUT2D eigenvalue weighted by atomic mass is 16.6. The molecule has 3 rings (SSSR count). The molecule has 19 heavy (non-hydrogen) atoms. The standard InChI is InChI=1S/C15H16N2O2/c16-11-15(9-14(10-15)7-1-2-8-14)12-3-5-13(6-4-12)17(18)19/h3-6H,1-2,7-10H2. The second kappa shape index (κ2) is 4.06. The molecule has 4 heteroatoms. The van der Waals surface area contributed by atoms with Gasteiger partial charge in [-0.15, -0.1) is 0 Å². The highest BCUT2D eigenvalue weighted by Crippen LogP contribution is 2.62. The summed E-state index contributed by atoms with van der Waals surface area (Å²) in [6.07, 6.45) is 6.89. The molecule has 0 heterocycles. The predicted octanol–water partition coefficient (Wildman–Crippen LogP) is 3.71. The topological polar surface area (TPSA) is 66.9 Å². The molecule has 2 aliphatic rings. The van der Waals surface area contributed by atoms with Crippen molar-refractivity contribution in [2.45, 2.75) is 43.9 Å². The van der Waals surface area contributed by atoms with E-state index in [1.54, 1.807) is 12.1 Å². The maximum absolute atomic E-state index is 10.7. The lowest BCUT2D eigenvalue weighted by atomic mass is 9.50. The van der Waals surface area contributed by atoms with Crippen LogP contribution < -0.4 is 0 Å². The first kappa shape index (κ1) is 12.2. The molecule has 98 valence electrons. The molecule has 2 saturated carbocycles. The van der Waals surface area contributed by atoms with E-state index in [4.69, 9.17) is 0 Å². The summed E-state index contributed by atoms with van der Waals surface area (Å²) in [7, 11) is 0. The van der Waals surface area contributed by atoms with Crippen LogP contribution >= 0.6 is 0 Å². The van der Waals surface area contributed by atoms with Gasteiger partial charge in [0.05, 0.1) is 16.4 Å². The average Bonchev–Trinajstić information content (AvgIpc) is 2.85. The van der Waals surface area contributed by atoms with Crippen LogP contribution in [0.25, 0.3) is 0 Å².